The molecular formula is C15H12BrN3OS. The first kappa shape index (κ1) is 14.0. The highest BCUT2D eigenvalue weighted by Crippen LogP contribution is 2.23. The molecule has 1 aromatic carbocycles. The Kier molecular flexibility index (Phi) is 3.90. The first-order valence-electron chi connectivity index (χ1n) is 6.30. The highest BCUT2D eigenvalue weighted by Gasteiger charge is 2.11. The molecule has 0 saturated carbocycles. The summed E-state index contributed by atoms with van der Waals surface area (Å²) >= 11 is 5.03. The Morgan fingerprint density at radius 1 is 1.33 bits per heavy atom. The molecule has 0 saturated heterocycles. The van der Waals surface area contributed by atoms with Gasteiger partial charge in [0.2, 0.25) is 0 Å². The van der Waals surface area contributed by atoms with Crippen LogP contribution in [0.5, 0.6) is 0 Å². The Bertz CT molecular complexity index is 816. The number of nitrogens with zero attached hydrogens (tertiary/aromatic N) is 1. The number of hydrogen-bond donors (Lipinski definition) is 2. The quantitative estimate of drug-likeness (QED) is 0.749. The van der Waals surface area contributed by atoms with Gasteiger partial charge in [-0.3, -0.25) is 4.79 Å². The fraction of sp³-hybridized carbons (Fsp3) is 0.0667. The molecule has 0 atom stereocenters. The second-order valence-corrected chi connectivity index (χ2v) is 6.34. The summed E-state index contributed by atoms with van der Waals surface area (Å²) in [5.41, 5.74) is 6.25. The summed E-state index contributed by atoms with van der Waals surface area (Å²) < 4.78 is 0.999. The molecule has 0 aliphatic carbocycles. The number of nitrogens with two attached hydrogens (primary N) is 1. The fourth-order valence-corrected chi connectivity index (χ4v) is 3.48. The molecule has 1 amide bonds. The van der Waals surface area contributed by atoms with Crippen molar-refractivity contribution in [2.45, 2.75) is 6.54 Å². The number of halogens is 1. The molecular weight excluding hydrogens is 350 g/mol. The summed E-state index contributed by atoms with van der Waals surface area (Å²) in [5.74, 6) is 0.142. The summed E-state index contributed by atoms with van der Waals surface area (Å²) in [6, 6.07) is 11.3. The molecule has 0 aliphatic rings. The van der Waals surface area contributed by atoms with E-state index in [1.165, 1.54) is 0 Å². The van der Waals surface area contributed by atoms with Crippen molar-refractivity contribution in [3.8, 4) is 0 Å². The molecule has 4 nitrogen and oxygen atoms in total. The smallest absolute Gasteiger partial charge is 0.270 e. The second-order valence-electron chi connectivity index (χ2n) is 4.49. The minimum Gasteiger partial charge on any atom is -0.383 e. The molecule has 3 N–H and O–H groups in total. The van der Waals surface area contributed by atoms with E-state index in [1.54, 1.807) is 17.4 Å². The van der Waals surface area contributed by atoms with Crippen LogP contribution in [0.25, 0.3) is 10.8 Å². The van der Waals surface area contributed by atoms with E-state index in [0.717, 1.165) is 20.1 Å². The molecule has 3 aromatic rings. The van der Waals surface area contributed by atoms with Crippen LogP contribution < -0.4 is 11.1 Å². The number of nitrogens with one attached hydrogen (secondary N) is 1. The number of anilines is 1. The van der Waals surface area contributed by atoms with Crippen LogP contribution in [0, 0.1) is 0 Å². The fourth-order valence-electron chi connectivity index (χ4n) is 2.04. The molecule has 2 aromatic heterocycles. The van der Waals surface area contributed by atoms with Gasteiger partial charge in [0, 0.05) is 14.7 Å². The highest BCUT2D eigenvalue weighted by atomic mass is 79.9. The first-order chi connectivity index (χ1) is 10.1. The summed E-state index contributed by atoms with van der Waals surface area (Å²) in [6.07, 6.45) is 0. The average Bonchev–Trinajstić information content (AvgIpc) is 2.90. The Balaban J connectivity index is 1.83. The van der Waals surface area contributed by atoms with Crippen molar-refractivity contribution in [2.75, 3.05) is 5.73 Å². The van der Waals surface area contributed by atoms with Crippen LogP contribution >= 0.6 is 27.3 Å². The van der Waals surface area contributed by atoms with E-state index in [-0.39, 0.29) is 5.91 Å². The molecule has 0 fully saturated rings. The Labute approximate surface area is 134 Å². The van der Waals surface area contributed by atoms with Crippen molar-refractivity contribution in [3.05, 3.63) is 56.8 Å². The summed E-state index contributed by atoms with van der Waals surface area (Å²) in [7, 11) is 0. The summed E-state index contributed by atoms with van der Waals surface area (Å²) in [5, 5.41) is 6.59. The van der Waals surface area contributed by atoms with E-state index in [9.17, 15) is 4.79 Å². The monoisotopic (exact) mass is 361 g/mol. The topological polar surface area (TPSA) is 68.0 Å². The van der Waals surface area contributed by atoms with E-state index >= 15 is 0 Å². The number of amides is 1. The second kappa shape index (κ2) is 5.83. The van der Waals surface area contributed by atoms with Crippen molar-refractivity contribution < 1.29 is 4.79 Å². The van der Waals surface area contributed by atoms with Gasteiger partial charge in [0.1, 0.15) is 11.5 Å². The number of rotatable bonds is 3. The van der Waals surface area contributed by atoms with Crippen LogP contribution in [0.2, 0.25) is 0 Å². The lowest BCUT2D eigenvalue weighted by Gasteiger charge is -2.07. The van der Waals surface area contributed by atoms with Gasteiger partial charge in [-0.05, 0) is 38.8 Å². The first-order valence-corrected chi connectivity index (χ1v) is 7.98. The number of benzene rings is 1. The molecule has 0 radical (unpaired) electrons. The van der Waals surface area contributed by atoms with Crippen LogP contribution in [0.1, 0.15) is 15.4 Å². The van der Waals surface area contributed by atoms with Crippen LogP contribution in [0.4, 0.5) is 5.82 Å². The molecule has 0 spiro atoms. The van der Waals surface area contributed by atoms with Crippen LogP contribution in [-0.2, 0) is 6.54 Å². The van der Waals surface area contributed by atoms with E-state index in [2.05, 4.69) is 26.2 Å². The molecule has 0 bridgehead atoms. The maximum absolute atomic E-state index is 12.2. The summed E-state index contributed by atoms with van der Waals surface area (Å²) in [6.45, 7) is 0.464. The number of aromatic nitrogens is 1. The lowest BCUT2D eigenvalue weighted by molar-refractivity contribution is 0.0946. The molecule has 0 aliphatic heterocycles. The molecule has 6 heteroatoms. The largest absolute Gasteiger partial charge is 0.383 e. The Hall–Kier alpha value is -1.92. The van der Waals surface area contributed by atoms with Gasteiger partial charge in [-0.1, -0.05) is 24.3 Å². The third-order valence-corrected chi connectivity index (χ3v) is 5.03. The zero-order valence-electron chi connectivity index (χ0n) is 11.0. The van der Waals surface area contributed by atoms with Gasteiger partial charge in [-0.15, -0.1) is 11.3 Å². The molecule has 2 heterocycles. The van der Waals surface area contributed by atoms with Gasteiger partial charge < -0.3 is 11.1 Å². The minimum absolute atomic E-state index is 0.229. The van der Waals surface area contributed by atoms with Crippen LogP contribution in [0.3, 0.4) is 0 Å². The van der Waals surface area contributed by atoms with Gasteiger partial charge in [0.25, 0.3) is 5.91 Å². The third kappa shape index (κ3) is 2.91. The molecule has 3 rings (SSSR count). The van der Waals surface area contributed by atoms with Crippen molar-refractivity contribution >= 4 is 49.8 Å². The lowest BCUT2D eigenvalue weighted by Crippen LogP contribution is -2.23. The van der Waals surface area contributed by atoms with Gasteiger partial charge >= 0.3 is 0 Å². The van der Waals surface area contributed by atoms with Crippen molar-refractivity contribution in [1.29, 1.82) is 0 Å². The number of fused-ring (bicyclic) bond motifs is 1. The number of hydrogen-bond acceptors (Lipinski definition) is 4. The average molecular weight is 362 g/mol. The van der Waals surface area contributed by atoms with Gasteiger partial charge in [0.15, 0.2) is 0 Å². The molecule has 0 unspecified atom stereocenters. The van der Waals surface area contributed by atoms with Crippen molar-refractivity contribution in [3.63, 3.8) is 0 Å². The zero-order valence-corrected chi connectivity index (χ0v) is 13.4. The van der Waals surface area contributed by atoms with Gasteiger partial charge in [-0.25, -0.2) is 4.98 Å². The van der Waals surface area contributed by atoms with Crippen molar-refractivity contribution in [2.24, 2.45) is 0 Å². The van der Waals surface area contributed by atoms with Gasteiger partial charge in [-0.2, -0.15) is 0 Å². The predicted molar refractivity (Wildman–Crippen MR) is 89.3 cm³/mol. The number of nitrogen functional groups attached to an aromatic ring is 1. The highest BCUT2D eigenvalue weighted by molar-refractivity contribution is 9.10. The maximum Gasteiger partial charge on any atom is 0.270 e. The van der Waals surface area contributed by atoms with Gasteiger partial charge in [0.05, 0.1) is 6.54 Å². The number of pyridine rings is 1. The Morgan fingerprint density at radius 2 is 2.14 bits per heavy atom. The van der Waals surface area contributed by atoms with E-state index in [4.69, 9.17) is 5.73 Å². The number of carbonyl (C=O) groups is 1. The normalized spacial score (nSPS) is 10.7. The van der Waals surface area contributed by atoms with E-state index in [0.29, 0.717) is 18.1 Å². The van der Waals surface area contributed by atoms with Crippen molar-refractivity contribution in [1.82, 2.24) is 10.3 Å². The minimum atomic E-state index is -0.229. The third-order valence-electron chi connectivity index (χ3n) is 3.10. The molecule has 21 heavy (non-hydrogen) atoms. The predicted octanol–water partition coefficient (Wildman–Crippen LogP) is 3.57. The zero-order chi connectivity index (χ0) is 14.8. The van der Waals surface area contributed by atoms with E-state index < -0.39 is 0 Å². The maximum atomic E-state index is 12.2. The molecule has 106 valence electrons. The van der Waals surface area contributed by atoms with Crippen LogP contribution in [0.15, 0.2) is 46.3 Å². The SMILES string of the molecule is Nc1nc(C(=O)NCc2sccc2Br)cc2ccccc12. The number of thiophene rings is 1. The standard InChI is InChI=1S/C15H12BrN3OS/c16-11-5-6-21-13(11)8-18-15(20)12-7-9-3-1-2-4-10(9)14(17)19-12/h1-7H,8H2,(H2,17,19)(H,18,20). The number of carbonyl (C=O) groups excluding carboxylic acids is 1. The van der Waals surface area contributed by atoms with E-state index in [1.807, 2.05) is 35.7 Å². The Morgan fingerprint density at radius 3 is 2.90 bits per heavy atom. The van der Waals surface area contributed by atoms with Crippen LogP contribution in [-0.4, -0.2) is 10.9 Å². The lowest BCUT2D eigenvalue weighted by atomic mass is 10.1. The summed E-state index contributed by atoms with van der Waals surface area (Å²) in [4.78, 5) is 17.5.